The molecule has 2 amide bonds. The van der Waals surface area contributed by atoms with Crippen molar-refractivity contribution in [3.8, 4) is 0 Å². The number of carbonyl (C=O) groups excluding carboxylic acids is 2. The van der Waals surface area contributed by atoms with Gasteiger partial charge in [-0.3, -0.25) is 9.59 Å². The lowest BCUT2D eigenvalue weighted by Gasteiger charge is -2.03. The number of furan rings is 1. The number of rotatable bonds is 2. The maximum Gasteiger partial charge on any atom is 0.258 e. The zero-order valence-electron chi connectivity index (χ0n) is 10.7. The van der Waals surface area contributed by atoms with Gasteiger partial charge >= 0.3 is 0 Å². The van der Waals surface area contributed by atoms with Crippen LogP contribution >= 0.6 is 43.2 Å². The number of thiophene rings is 1. The number of fused-ring (bicyclic) bond motifs is 1. The first kappa shape index (κ1) is 14.0. The van der Waals surface area contributed by atoms with Crippen molar-refractivity contribution in [1.29, 1.82) is 0 Å². The molecule has 0 spiro atoms. The molecular weight excluding hydrogens is 436 g/mol. The number of hydrogen-bond acceptors (Lipinski definition) is 4. The van der Waals surface area contributed by atoms with Crippen LogP contribution < -0.4 is 10.6 Å². The molecule has 4 rings (SSSR count). The Morgan fingerprint density at radius 2 is 1.59 bits per heavy atom. The summed E-state index contributed by atoms with van der Waals surface area (Å²) in [6.07, 6.45) is 0. The van der Waals surface area contributed by atoms with Crippen LogP contribution in [-0.4, -0.2) is 11.8 Å². The highest BCUT2D eigenvalue weighted by Gasteiger charge is 2.42. The quantitative estimate of drug-likeness (QED) is 0.751. The predicted molar refractivity (Wildman–Crippen MR) is 88.6 cm³/mol. The lowest BCUT2D eigenvalue weighted by molar-refractivity contribution is -0.117. The number of halogens is 2. The molecule has 0 aromatic carbocycles. The molecule has 0 saturated carbocycles. The van der Waals surface area contributed by atoms with Gasteiger partial charge < -0.3 is 15.1 Å². The lowest BCUT2D eigenvalue weighted by atomic mass is 10.1. The maximum atomic E-state index is 12.3. The summed E-state index contributed by atoms with van der Waals surface area (Å²) < 4.78 is 6.91. The van der Waals surface area contributed by atoms with Gasteiger partial charge in [0.2, 0.25) is 0 Å². The molecule has 4 heterocycles. The van der Waals surface area contributed by atoms with E-state index in [1.54, 1.807) is 12.1 Å². The van der Waals surface area contributed by atoms with E-state index in [2.05, 4.69) is 42.5 Å². The van der Waals surface area contributed by atoms with Gasteiger partial charge in [0.25, 0.3) is 11.8 Å². The number of carbonyl (C=O) groups is 2. The van der Waals surface area contributed by atoms with Crippen molar-refractivity contribution < 1.29 is 14.0 Å². The standard InChI is InChI=1S/C14H6Br2N2O3S/c15-7-3-1-5(21-7)11-9-10(14(20)17-11)12(18-13(9)19)6-2-4-8(16)22-6/h1-4H,(H,17,20)(H,18,19). The lowest BCUT2D eigenvalue weighted by Crippen LogP contribution is -2.20. The van der Waals surface area contributed by atoms with E-state index >= 15 is 0 Å². The Hall–Kier alpha value is -1.64. The van der Waals surface area contributed by atoms with Crippen molar-refractivity contribution >= 4 is 66.4 Å². The molecule has 0 bridgehead atoms. The number of amides is 2. The van der Waals surface area contributed by atoms with E-state index < -0.39 is 0 Å². The first-order valence-corrected chi connectivity index (χ1v) is 8.58. The van der Waals surface area contributed by atoms with Crippen LogP contribution in [0.4, 0.5) is 0 Å². The summed E-state index contributed by atoms with van der Waals surface area (Å²) in [5.41, 5.74) is 1.62. The van der Waals surface area contributed by atoms with Crippen LogP contribution in [0, 0.1) is 0 Å². The summed E-state index contributed by atoms with van der Waals surface area (Å²) in [5, 5.41) is 5.50. The van der Waals surface area contributed by atoms with Gasteiger partial charge in [-0.05, 0) is 56.1 Å². The third-order valence-electron chi connectivity index (χ3n) is 3.32. The Labute approximate surface area is 145 Å². The summed E-state index contributed by atoms with van der Waals surface area (Å²) in [4.78, 5) is 25.5. The molecule has 110 valence electrons. The van der Waals surface area contributed by atoms with Gasteiger partial charge in [0, 0.05) is 0 Å². The highest BCUT2D eigenvalue weighted by Crippen LogP contribution is 2.40. The Morgan fingerprint density at radius 3 is 2.18 bits per heavy atom. The molecule has 2 aliphatic rings. The van der Waals surface area contributed by atoms with Gasteiger partial charge in [-0.25, -0.2) is 0 Å². The first-order valence-electron chi connectivity index (χ1n) is 6.17. The normalized spacial score (nSPS) is 17.2. The summed E-state index contributed by atoms with van der Waals surface area (Å²) in [5.74, 6) is -0.181. The van der Waals surface area contributed by atoms with Crippen molar-refractivity contribution in [1.82, 2.24) is 10.6 Å². The fraction of sp³-hybridized carbons (Fsp3) is 0. The summed E-state index contributed by atoms with van der Waals surface area (Å²) in [7, 11) is 0. The molecule has 0 atom stereocenters. The van der Waals surface area contributed by atoms with Crippen LogP contribution in [0.15, 0.2) is 48.3 Å². The third-order valence-corrected chi connectivity index (χ3v) is 5.39. The van der Waals surface area contributed by atoms with Crippen molar-refractivity contribution in [2.75, 3.05) is 0 Å². The number of nitrogens with one attached hydrogen (secondary N) is 2. The average molecular weight is 442 g/mol. The fourth-order valence-electron chi connectivity index (χ4n) is 2.45. The van der Waals surface area contributed by atoms with E-state index in [1.807, 2.05) is 12.1 Å². The van der Waals surface area contributed by atoms with Gasteiger partial charge in [-0.2, -0.15) is 0 Å². The second kappa shape index (κ2) is 4.94. The Balaban J connectivity index is 1.91. The smallest absolute Gasteiger partial charge is 0.258 e. The Morgan fingerprint density at radius 1 is 0.909 bits per heavy atom. The van der Waals surface area contributed by atoms with E-state index in [-0.39, 0.29) is 11.8 Å². The Bertz CT molecular complexity index is 833. The minimum Gasteiger partial charge on any atom is -0.448 e. The van der Waals surface area contributed by atoms with E-state index in [1.165, 1.54) is 11.3 Å². The van der Waals surface area contributed by atoms with Crippen molar-refractivity contribution in [2.24, 2.45) is 0 Å². The molecule has 5 nitrogen and oxygen atoms in total. The van der Waals surface area contributed by atoms with E-state index in [9.17, 15) is 9.59 Å². The van der Waals surface area contributed by atoms with Gasteiger partial charge in [0.05, 0.1) is 31.2 Å². The molecule has 2 aliphatic heterocycles. The fourth-order valence-corrected chi connectivity index (χ4v) is 4.15. The minimum atomic E-state index is -0.310. The van der Waals surface area contributed by atoms with E-state index in [4.69, 9.17) is 4.42 Å². The molecule has 0 radical (unpaired) electrons. The second-order valence-corrected chi connectivity index (χ2v) is 7.86. The van der Waals surface area contributed by atoms with Crippen molar-refractivity contribution in [3.63, 3.8) is 0 Å². The summed E-state index contributed by atoms with van der Waals surface area (Å²) in [6, 6.07) is 7.14. The maximum absolute atomic E-state index is 12.3. The van der Waals surface area contributed by atoms with E-state index in [0.29, 0.717) is 33.0 Å². The number of hydrogen-bond donors (Lipinski definition) is 2. The zero-order chi connectivity index (χ0) is 15.4. The van der Waals surface area contributed by atoms with Crippen molar-refractivity contribution in [3.05, 3.63) is 54.5 Å². The minimum absolute atomic E-state index is 0.310. The molecular formula is C14H6Br2N2O3S. The SMILES string of the molecule is O=C1NC(c2ccc(Br)s2)=C2C(=O)NC(c3ccc(Br)o3)=C12. The van der Waals surface area contributed by atoms with Crippen LogP contribution in [0.25, 0.3) is 11.4 Å². The molecule has 0 saturated heterocycles. The van der Waals surface area contributed by atoms with Crippen LogP contribution in [0.1, 0.15) is 10.6 Å². The predicted octanol–water partition coefficient (Wildman–Crippen LogP) is 3.25. The molecule has 8 heteroatoms. The van der Waals surface area contributed by atoms with Crippen LogP contribution in [0.5, 0.6) is 0 Å². The molecule has 2 aromatic rings. The van der Waals surface area contributed by atoms with Crippen LogP contribution in [-0.2, 0) is 9.59 Å². The molecule has 0 fully saturated rings. The van der Waals surface area contributed by atoms with Gasteiger partial charge in [-0.1, -0.05) is 0 Å². The largest absolute Gasteiger partial charge is 0.448 e. The first-order chi connectivity index (χ1) is 10.5. The molecule has 22 heavy (non-hydrogen) atoms. The Kier molecular flexibility index (Phi) is 3.14. The average Bonchev–Trinajstić information content (AvgIpc) is 3.19. The zero-order valence-corrected chi connectivity index (χ0v) is 14.7. The molecule has 2 N–H and O–H groups in total. The molecule has 0 unspecified atom stereocenters. The highest BCUT2D eigenvalue weighted by atomic mass is 79.9. The topological polar surface area (TPSA) is 71.3 Å². The molecule has 0 aliphatic carbocycles. The second-order valence-electron chi connectivity index (χ2n) is 4.62. The van der Waals surface area contributed by atoms with Crippen LogP contribution in [0.2, 0.25) is 0 Å². The summed E-state index contributed by atoms with van der Waals surface area (Å²) in [6.45, 7) is 0. The highest BCUT2D eigenvalue weighted by molar-refractivity contribution is 9.11. The monoisotopic (exact) mass is 440 g/mol. The van der Waals surface area contributed by atoms with Crippen molar-refractivity contribution in [2.45, 2.75) is 0 Å². The molecule has 2 aromatic heterocycles. The third kappa shape index (κ3) is 2.02. The summed E-state index contributed by atoms with van der Waals surface area (Å²) >= 11 is 8.05. The van der Waals surface area contributed by atoms with Crippen LogP contribution in [0.3, 0.4) is 0 Å². The van der Waals surface area contributed by atoms with Gasteiger partial charge in [0.1, 0.15) is 0 Å². The van der Waals surface area contributed by atoms with E-state index in [0.717, 1.165) is 8.66 Å². The van der Waals surface area contributed by atoms with Gasteiger partial charge in [0.15, 0.2) is 10.4 Å². The van der Waals surface area contributed by atoms with Gasteiger partial charge in [-0.15, -0.1) is 11.3 Å².